The van der Waals surface area contributed by atoms with E-state index >= 15 is 0 Å². The van der Waals surface area contributed by atoms with E-state index in [0.29, 0.717) is 24.5 Å². The van der Waals surface area contributed by atoms with Gasteiger partial charge >= 0.3 is 5.97 Å². The number of ether oxygens (including phenoxy) is 2. The molecule has 2 rings (SSSR count). The van der Waals surface area contributed by atoms with Gasteiger partial charge in [-0.05, 0) is 44.7 Å². The van der Waals surface area contributed by atoms with E-state index in [1.54, 1.807) is 6.07 Å². The molecule has 1 saturated heterocycles. The topological polar surface area (TPSA) is 63.8 Å². The highest BCUT2D eigenvalue weighted by Crippen LogP contribution is 2.16. The molecule has 0 spiro atoms. The van der Waals surface area contributed by atoms with Crippen molar-refractivity contribution in [3.05, 3.63) is 29.8 Å². The van der Waals surface area contributed by atoms with Crippen LogP contribution in [-0.4, -0.2) is 38.8 Å². The average Bonchev–Trinajstić information content (AvgIpc) is 2.62. The molecule has 130 valence electrons. The Balaban J connectivity index is 1.65. The maximum Gasteiger partial charge on any atom is 0.314 e. The minimum atomic E-state index is -0.0360. The number of nitriles is 1. The van der Waals surface area contributed by atoms with Crippen LogP contribution in [0, 0.1) is 17.2 Å². The number of nitrogens with zero attached hydrogens (tertiary/aromatic N) is 1. The number of carbonyl (C=O) groups is 1. The number of esters is 1. The normalized spacial score (nSPS) is 20.2. The smallest absolute Gasteiger partial charge is 0.314 e. The van der Waals surface area contributed by atoms with Crippen molar-refractivity contribution in [3.63, 3.8) is 0 Å². The van der Waals surface area contributed by atoms with Gasteiger partial charge in [-0.3, -0.25) is 4.79 Å². The highest BCUT2D eigenvalue weighted by molar-refractivity contribution is 5.72. The van der Waals surface area contributed by atoms with E-state index < -0.39 is 0 Å². The van der Waals surface area contributed by atoms with Crippen LogP contribution in [-0.2, 0) is 9.53 Å². The summed E-state index contributed by atoms with van der Waals surface area (Å²) in [4.78, 5) is 13.3. The van der Waals surface area contributed by atoms with E-state index in [1.165, 1.54) is 4.90 Å². The second-order valence-corrected chi connectivity index (χ2v) is 6.21. The monoisotopic (exact) mass is 331 g/mol. The summed E-state index contributed by atoms with van der Waals surface area (Å²) in [6, 6.07) is 9.46. The number of carbonyl (C=O) groups excluding carboxylic acids is 1. The minimum Gasteiger partial charge on any atom is -0.492 e. The van der Waals surface area contributed by atoms with Crippen molar-refractivity contribution in [3.8, 4) is 11.8 Å². The lowest BCUT2D eigenvalue weighted by Crippen LogP contribution is -3.13. The fourth-order valence-electron chi connectivity index (χ4n) is 3.18. The predicted molar refractivity (Wildman–Crippen MR) is 90.8 cm³/mol. The van der Waals surface area contributed by atoms with Gasteiger partial charge in [-0.15, -0.1) is 0 Å². The largest absolute Gasteiger partial charge is 0.492 e. The molecule has 5 nitrogen and oxygen atoms in total. The Morgan fingerprint density at radius 2 is 2.21 bits per heavy atom. The Hall–Kier alpha value is -2.06. The van der Waals surface area contributed by atoms with Crippen LogP contribution in [0.2, 0.25) is 0 Å². The fraction of sp³-hybridized carbons (Fsp3) is 0.579. The third-order valence-electron chi connectivity index (χ3n) is 4.43. The summed E-state index contributed by atoms with van der Waals surface area (Å²) in [5, 5.41) is 9.03. The van der Waals surface area contributed by atoms with Crippen LogP contribution in [0.3, 0.4) is 0 Å². The zero-order chi connectivity index (χ0) is 17.2. The number of hydrogen-bond acceptors (Lipinski definition) is 4. The Kier molecular flexibility index (Phi) is 7.57. The fourth-order valence-corrected chi connectivity index (χ4v) is 3.18. The molecular formula is C19H27N2O3+. The first kappa shape index (κ1) is 18.3. The highest BCUT2D eigenvalue weighted by atomic mass is 16.5. The molecule has 0 bridgehead atoms. The molecule has 0 aromatic heterocycles. The van der Waals surface area contributed by atoms with Gasteiger partial charge in [-0.1, -0.05) is 12.1 Å². The van der Waals surface area contributed by atoms with Gasteiger partial charge in [0.2, 0.25) is 0 Å². The van der Waals surface area contributed by atoms with E-state index in [4.69, 9.17) is 14.7 Å². The molecular weight excluding hydrogens is 304 g/mol. The molecule has 1 aromatic rings. The highest BCUT2D eigenvalue weighted by Gasteiger charge is 2.29. The standard InChI is InChI=1S/C19H26N2O3/c1-2-23-19(22)17-9-7-12-21(15-17)11-5-6-13-24-18-10-4-3-8-16(18)14-20/h3-4,8,10,17H,2,5-7,9,11-13,15H2,1H3/p+1/t17-/m0/s1. The molecule has 1 N–H and O–H groups in total. The lowest BCUT2D eigenvalue weighted by atomic mass is 9.98. The van der Waals surface area contributed by atoms with Crippen molar-refractivity contribution >= 4 is 5.97 Å². The second-order valence-electron chi connectivity index (χ2n) is 6.21. The molecule has 24 heavy (non-hydrogen) atoms. The molecule has 1 heterocycles. The first-order valence-corrected chi connectivity index (χ1v) is 8.86. The minimum absolute atomic E-state index is 0.0360. The SMILES string of the molecule is CCOC(=O)[C@H]1CCC[NH+](CCCCOc2ccccc2C#N)C1. The molecule has 0 aliphatic carbocycles. The van der Waals surface area contributed by atoms with E-state index in [-0.39, 0.29) is 11.9 Å². The Morgan fingerprint density at radius 1 is 1.38 bits per heavy atom. The van der Waals surface area contributed by atoms with Gasteiger partial charge in [0.1, 0.15) is 17.7 Å². The van der Waals surface area contributed by atoms with E-state index in [1.807, 2.05) is 25.1 Å². The molecule has 0 saturated carbocycles. The summed E-state index contributed by atoms with van der Waals surface area (Å²) in [6.07, 6.45) is 4.05. The zero-order valence-corrected chi connectivity index (χ0v) is 14.4. The van der Waals surface area contributed by atoms with Crippen molar-refractivity contribution in [2.45, 2.75) is 32.6 Å². The predicted octanol–water partition coefficient (Wildman–Crippen LogP) is 1.58. The lowest BCUT2D eigenvalue weighted by Gasteiger charge is -2.28. The summed E-state index contributed by atoms with van der Waals surface area (Å²) in [7, 11) is 0. The van der Waals surface area contributed by atoms with Gasteiger partial charge in [-0.2, -0.15) is 5.26 Å². The van der Waals surface area contributed by atoms with Crippen LogP contribution in [0.25, 0.3) is 0 Å². The van der Waals surface area contributed by atoms with Crippen LogP contribution >= 0.6 is 0 Å². The number of unbranched alkanes of at least 4 members (excludes halogenated alkanes) is 1. The van der Waals surface area contributed by atoms with Crippen molar-refractivity contribution in [2.24, 2.45) is 5.92 Å². The van der Waals surface area contributed by atoms with E-state index in [9.17, 15) is 4.79 Å². The molecule has 0 radical (unpaired) electrons. The maximum absolute atomic E-state index is 11.9. The quantitative estimate of drug-likeness (QED) is 0.580. The van der Waals surface area contributed by atoms with Crippen molar-refractivity contribution < 1.29 is 19.2 Å². The summed E-state index contributed by atoms with van der Waals surface area (Å²) in [6.45, 7) is 6.01. The number of para-hydroxylation sites is 1. The second kappa shape index (κ2) is 9.94. The Bertz CT molecular complexity index is 568. The molecule has 1 aliphatic heterocycles. The Labute approximate surface area is 144 Å². The average molecular weight is 331 g/mol. The molecule has 1 fully saturated rings. The first-order chi connectivity index (χ1) is 11.7. The maximum atomic E-state index is 11.9. The summed E-state index contributed by atoms with van der Waals surface area (Å²) in [5.41, 5.74) is 0.580. The first-order valence-electron chi connectivity index (χ1n) is 8.86. The number of hydrogen-bond donors (Lipinski definition) is 1. The third-order valence-corrected chi connectivity index (χ3v) is 4.43. The van der Waals surface area contributed by atoms with Crippen molar-refractivity contribution in [1.82, 2.24) is 0 Å². The molecule has 5 heteroatoms. The van der Waals surface area contributed by atoms with Crippen LogP contribution in [0.1, 0.15) is 38.2 Å². The van der Waals surface area contributed by atoms with Crippen molar-refractivity contribution in [2.75, 3.05) is 32.8 Å². The van der Waals surface area contributed by atoms with Crippen LogP contribution in [0.4, 0.5) is 0 Å². The van der Waals surface area contributed by atoms with Gasteiger partial charge in [0.25, 0.3) is 0 Å². The molecule has 1 unspecified atom stereocenters. The molecule has 1 aromatic carbocycles. The number of quaternary nitrogens is 1. The van der Waals surface area contributed by atoms with Crippen LogP contribution in [0.5, 0.6) is 5.75 Å². The van der Waals surface area contributed by atoms with Crippen LogP contribution in [0.15, 0.2) is 24.3 Å². The third kappa shape index (κ3) is 5.54. The van der Waals surface area contributed by atoms with E-state index in [0.717, 1.165) is 45.3 Å². The number of benzene rings is 1. The molecule has 1 aliphatic rings. The van der Waals surface area contributed by atoms with Crippen molar-refractivity contribution in [1.29, 1.82) is 5.26 Å². The summed E-state index contributed by atoms with van der Waals surface area (Å²) >= 11 is 0. The van der Waals surface area contributed by atoms with Gasteiger partial charge in [0, 0.05) is 0 Å². The van der Waals surface area contributed by atoms with Gasteiger partial charge < -0.3 is 14.4 Å². The number of nitrogens with one attached hydrogen (secondary N) is 1. The lowest BCUT2D eigenvalue weighted by molar-refractivity contribution is -0.907. The number of piperidine rings is 1. The molecule has 2 atom stereocenters. The van der Waals surface area contributed by atoms with E-state index in [2.05, 4.69) is 6.07 Å². The Morgan fingerprint density at radius 3 is 3.00 bits per heavy atom. The van der Waals surface area contributed by atoms with Gasteiger partial charge in [0.15, 0.2) is 0 Å². The summed E-state index contributed by atoms with van der Waals surface area (Å²) in [5.74, 6) is 0.686. The number of rotatable bonds is 8. The van der Waals surface area contributed by atoms with Crippen LogP contribution < -0.4 is 9.64 Å². The molecule has 0 amide bonds. The number of likely N-dealkylation sites (tertiary alicyclic amines) is 1. The summed E-state index contributed by atoms with van der Waals surface area (Å²) < 4.78 is 10.8. The zero-order valence-electron chi connectivity index (χ0n) is 14.4. The van der Waals surface area contributed by atoms with Gasteiger partial charge in [-0.25, -0.2) is 0 Å². The van der Waals surface area contributed by atoms with Gasteiger partial charge in [0.05, 0.1) is 38.4 Å².